The summed E-state index contributed by atoms with van der Waals surface area (Å²) in [6, 6.07) is 19.4. The van der Waals surface area contributed by atoms with Gasteiger partial charge < -0.3 is 5.32 Å². The average molecular weight is 476 g/mol. The molecule has 0 spiro atoms. The number of aryl methyl sites for hydroxylation is 1. The van der Waals surface area contributed by atoms with Crippen molar-refractivity contribution in [3.05, 3.63) is 121 Å². The van der Waals surface area contributed by atoms with Crippen LogP contribution >= 0.6 is 11.6 Å². The average Bonchev–Trinajstić information content (AvgIpc) is 2.83. The van der Waals surface area contributed by atoms with Gasteiger partial charge in [0.1, 0.15) is 0 Å². The highest BCUT2D eigenvalue weighted by atomic mass is 35.5. The molecular formula is C25H22ClN5O3. The topological polar surface area (TPSA) is 98.9 Å². The zero-order valence-electron chi connectivity index (χ0n) is 18.4. The Kier molecular flexibility index (Phi) is 6.98. The van der Waals surface area contributed by atoms with E-state index < -0.39 is 17.2 Å². The molecule has 0 aliphatic rings. The molecule has 34 heavy (non-hydrogen) atoms. The number of halogens is 1. The zero-order valence-corrected chi connectivity index (χ0v) is 19.2. The second-order valence-corrected chi connectivity index (χ2v) is 8.16. The quantitative estimate of drug-likeness (QED) is 0.443. The summed E-state index contributed by atoms with van der Waals surface area (Å²) in [6.45, 7) is 2.18. The first-order chi connectivity index (χ1) is 16.4. The maximum absolute atomic E-state index is 13.2. The highest BCUT2D eigenvalue weighted by Crippen LogP contribution is 2.11. The number of hydrogen-bond donors (Lipinski definition) is 1. The molecule has 0 aliphatic heterocycles. The van der Waals surface area contributed by atoms with Crippen molar-refractivity contribution in [2.75, 3.05) is 6.54 Å². The molecule has 0 saturated heterocycles. The predicted octanol–water partition coefficient (Wildman–Crippen LogP) is 2.77. The summed E-state index contributed by atoms with van der Waals surface area (Å²) >= 11 is 5.97. The summed E-state index contributed by atoms with van der Waals surface area (Å²) in [7, 11) is 0. The summed E-state index contributed by atoms with van der Waals surface area (Å²) in [5, 5.41) is 7.31. The van der Waals surface area contributed by atoms with Crippen molar-refractivity contribution in [2.45, 2.75) is 19.9 Å². The van der Waals surface area contributed by atoms with Crippen LogP contribution in [0.5, 0.6) is 0 Å². The molecule has 2 heterocycles. The van der Waals surface area contributed by atoms with E-state index in [1.54, 1.807) is 30.5 Å². The fourth-order valence-electron chi connectivity index (χ4n) is 3.47. The standard InChI is InChI=1S/C25H22ClN5O3/c1-17-5-4-6-18(15-17)16-30-24(33)22(23(32)28-14-12-20-7-2-3-13-27-20)29-31(25(30)34)21-10-8-19(26)9-11-21/h2-11,13,15H,12,14,16H2,1H3,(H,28,32). The summed E-state index contributed by atoms with van der Waals surface area (Å²) in [5.41, 5.74) is 1.16. The first kappa shape index (κ1) is 23.1. The molecule has 0 fully saturated rings. The van der Waals surface area contributed by atoms with E-state index in [9.17, 15) is 14.4 Å². The van der Waals surface area contributed by atoms with Gasteiger partial charge in [0.25, 0.3) is 11.5 Å². The third-order valence-electron chi connectivity index (χ3n) is 5.16. The van der Waals surface area contributed by atoms with Crippen LogP contribution in [0, 0.1) is 6.92 Å². The molecule has 9 heteroatoms. The van der Waals surface area contributed by atoms with Gasteiger partial charge in [0.05, 0.1) is 12.2 Å². The zero-order chi connectivity index (χ0) is 24.1. The van der Waals surface area contributed by atoms with E-state index in [4.69, 9.17) is 11.6 Å². The SMILES string of the molecule is Cc1cccc(Cn2c(=O)c(C(=O)NCCc3ccccn3)nn(-c3ccc(Cl)cc3)c2=O)c1. The number of pyridine rings is 1. The van der Waals surface area contributed by atoms with Crippen LogP contribution in [0.4, 0.5) is 0 Å². The Morgan fingerprint density at radius 1 is 1.03 bits per heavy atom. The Balaban J connectivity index is 1.71. The smallest absolute Gasteiger partial charge is 0.350 e. The number of amides is 1. The Labute approximate surface area is 200 Å². The minimum Gasteiger partial charge on any atom is -0.350 e. The highest BCUT2D eigenvalue weighted by molar-refractivity contribution is 6.30. The lowest BCUT2D eigenvalue weighted by atomic mass is 10.1. The molecular weight excluding hydrogens is 454 g/mol. The largest absolute Gasteiger partial charge is 0.352 e. The first-order valence-electron chi connectivity index (χ1n) is 10.7. The number of nitrogens with zero attached hydrogens (tertiary/aromatic N) is 4. The monoisotopic (exact) mass is 475 g/mol. The summed E-state index contributed by atoms with van der Waals surface area (Å²) in [5.74, 6) is -0.665. The molecule has 0 bridgehead atoms. The van der Waals surface area contributed by atoms with E-state index in [1.165, 1.54) is 0 Å². The third-order valence-corrected chi connectivity index (χ3v) is 5.41. The minimum absolute atomic E-state index is 0.00364. The van der Waals surface area contributed by atoms with E-state index in [2.05, 4.69) is 15.4 Å². The van der Waals surface area contributed by atoms with Crippen LogP contribution in [0.3, 0.4) is 0 Å². The van der Waals surface area contributed by atoms with Crippen molar-refractivity contribution in [2.24, 2.45) is 0 Å². The maximum Gasteiger partial charge on any atom is 0.352 e. The van der Waals surface area contributed by atoms with Gasteiger partial charge in [0.2, 0.25) is 5.69 Å². The van der Waals surface area contributed by atoms with Crippen molar-refractivity contribution < 1.29 is 4.79 Å². The first-order valence-corrected chi connectivity index (χ1v) is 11.0. The number of rotatable bonds is 7. The molecule has 0 aliphatic carbocycles. The van der Waals surface area contributed by atoms with Crippen LogP contribution in [0.15, 0.2) is 82.5 Å². The van der Waals surface area contributed by atoms with E-state index in [1.807, 2.05) is 49.4 Å². The lowest BCUT2D eigenvalue weighted by molar-refractivity contribution is 0.0944. The fourth-order valence-corrected chi connectivity index (χ4v) is 3.60. The van der Waals surface area contributed by atoms with Crippen molar-refractivity contribution in [3.63, 3.8) is 0 Å². The van der Waals surface area contributed by atoms with Crippen LogP contribution in [0.25, 0.3) is 5.69 Å². The van der Waals surface area contributed by atoms with Gasteiger partial charge in [-0.3, -0.25) is 19.1 Å². The highest BCUT2D eigenvalue weighted by Gasteiger charge is 2.20. The lowest BCUT2D eigenvalue weighted by Crippen LogP contribution is -2.46. The number of carbonyl (C=O) groups is 1. The van der Waals surface area contributed by atoms with Crippen LogP contribution in [0.1, 0.15) is 27.3 Å². The van der Waals surface area contributed by atoms with Gasteiger partial charge in [-0.15, -0.1) is 0 Å². The van der Waals surface area contributed by atoms with E-state index >= 15 is 0 Å². The maximum atomic E-state index is 13.2. The minimum atomic E-state index is -0.757. The fraction of sp³-hybridized carbons (Fsp3) is 0.160. The molecule has 8 nitrogen and oxygen atoms in total. The van der Waals surface area contributed by atoms with Crippen molar-refractivity contribution in [3.8, 4) is 5.69 Å². The van der Waals surface area contributed by atoms with E-state index in [-0.39, 0.29) is 18.8 Å². The molecule has 0 unspecified atom stereocenters. The Bertz CT molecular complexity index is 1430. The second kappa shape index (κ2) is 10.3. The van der Waals surface area contributed by atoms with Gasteiger partial charge in [-0.1, -0.05) is 47.5 Å². The molecule has 2 aromatic carbocycles. The van der Waals surface area contributed by atoms with Gasteiger partial charge in [-0.05, 0) is 48.9 Å². The van der Waals surface area contributed by atoms with Gasteiger partial charge in [0, 0.05) is 29.9 Å². The summed E-state index contributed by atoms with van der Waals surface area (Å²) in [6.07, 6.45) is 2.16. The van der Waals surface area contributed by atoms with Gasteiger partial charge >= 0.3 is 5.69 Å². The lowest BCUT2D eigenvalue weighted by Gasteiger charge is -2.13. The van der Waals surface area contributed by atoms with Gasteiger partial charge in [-0.25, -0.2) is 4.79 Å². The molecule has 172 valence electrons. The number of aromatic nitrogens is 4. The molecule has 4 aromatic rings. The Morgan fingerprint density at radius 2 is 1.82 bits per heavy atom. The number of hydrogen-bond acceptors (Lipinski definition) is 5. The van der Waals surface area contributed by atoms with E-state index in [0.29, 0.717) is 17.1 Å². The molecule has 4 rings (SSSR count). The van der Waals surface area contributed by atoms with Gasteiger partial charge in [0.15, 0.2) is 0 Å². The van der Waals surface area contributed by atoms with Crippen LogP contribution in [0.2, 0.25) is 5.02 Å². The molecule has 0 atom stereocenters. The summed E-state index contributed by atoms with van der Waals surface area (Å²) in [4.78, 5) is 43.5. The molecule has 0 saturated carbocycles. The second-order valence-electron chi connectivity index (χ2n) is 7.73. The molecule has 1 N–H and O–H groups in total. The van der Waals surface area contributed by atoms with Crippen LogP contribution in [-0.2, 0) is 13.0 Å². The van der Waals surface area contributed by atoms with Crippen LogP contribution in [-0.4, -0.2) is 31.8 Å². The molecule has 0 radical (unpaired) electrons. The Hall–Kier alpha value is -4.04. The summed E-state index contributed by atoms with van der Waals surface area (Å²) < 4.78 is 2.06. The number of carbonyl (C=O) groups excluding carboxylic acids is 1. The number of nitrogens with one attached hydrogen (secondary N) is 1. The molecule has 1 amide bonds. The van der Waals surface area contributed by atoms with Crippen molar-refractivity contribution in [1.29, 1.82) is 0 Å². The van der Waals surface area contributed by atoms with Gasteiger partial charge in [-0.2, -0.15) is 9.78 Å². The predicted molar refractivity (Wildman–Crippen MR) is 130 cm³/mol. The van der Waals surface area contributed by atoms with E-state index in [0.717, 1.165) is 26.1 Å². The Morgan fingerprint density at radius 3 is 2.53 bits per heavy atom. The van der Waals surface area contributed by atoms with Crippen LogP contribution < -0.4 is 16.6 Å². The van der Waals surface area contributed by atoms with Crippen molar-refractivity contribution >= 4 is 17.5 Å². The van der Waals surface area contributed by atoms with Crippen molar-refractivity contribution in [1.82, 2.24) is 24.6 Å². The number of benzene rings is 2. The normalized spacial score (nSPS) is 10.8. The third kappa shape index (κ3) is 5.29. The molecule has 2 aromatic heterocycles.